The molecule has 0 saturated carbocycles. The molecule has 0 radical (unpaired) electrons. The Morgan fingerprint density at radius 3 is 0.931 bits per heavy atom. The number of fused-ring (bicyclic) bond motifs is 6. The van der Waals surface area contributed by atoms with Crippen LogP contribution in [0.4, 0.5) is 8.78 Å². The summed E-state index contributed by atoms with van der Waals surface area (Å²) in [7, 11) is 0. The van der Waals surface area contributed by atoms with Crippen molar-refractivity contribution < 1.29 is 8.78 Å². The van der Waals surface area contributed by atoms with E-state index in [0.717, 1.165) is 39.5 Å². The molecule has 0 fully saturated rings. The van der Waals surface area contributed by atoms with Gasteiger partial charge in [0.15, 0.2) is 0 Å². The Balaban J connectivity index is 1.76. The summed E-state index contributed by atoms with van der Waals surface area (Å²) in [6.07, 6.45) is 0. The van der Waals surface area contributed by atoms with Crippen molar-refractivity contribution in [3.63, 3.8) is 0 Å². The molecule has 2 heterocycles. The maximum atomic E-state index is 15.1. The van der Waals surface area contributed by atoms with Gasteiger partial charge in [-0.2, -0.15) is 5.26 Å². The second-order valence-corrected chi connectivity index (χ2v) is 17.2. The molecule has 0 unspecified atom stereocenters. The van der Waals surface area contributed by atoms with Gasteiger partial charge in [-0.15, -0.1) is 0 Å². The van der Waals surface area contributed by atoms with Gasteiger partial charge in [0.05, 0.1) is 45.1 Å². The highest BCUT2D eigenvalue weighted by atomic mass is 19.1. The monoisotopic (exact) mass is 769 g/mol. The average Bonchev–Trinajstić information content (AvgIpc) is 3.74. The zero-order chi connectivity index (χ0) is 42.3. The molecule has 8 aromatic rings. The maximum absolute atomic E-state index is 15.1. The zero-order valence-electron chi connectivity index (χ0n) is 37.0. The molecular weight excluding hydrogens is 717 g/mol. The summed E-state index contributed by atoms with van der Waals surface area (Å²) in [6.45, 7) is 35.5. The Bertz CT molecular complexity index is 3070. The van der Waals surface area contributed by atoms with E-state index in [9.17, 15) is 5.26 Å². The highest BCUT2D eigenvalue weighted by Crippen LogP contribution is 2.48. The van der Waals surface area contributed by atoms with Crippen LogP contribution in [0.25, 0.3) is 66.1 Å². The predicted molar refractivity (Wildman–Crippen MR) is 241 cm³/mol. The van der Waals surface area contributed by atoms with Crippen molar-refractivity contribution in [3.8, 4) is 28.6 Å². The molecule has 8 rings (SSSR count). The Labute approximate surface area is 341 Å². The smallest absolute Gasteiger partial charge is 0.126 e. The van der Waals surface area contributed by atoms with Gasteiger partial charge in [0.2, 0.25) is 0 Å². The van der Waals surface area contributed by atoms with Crippen molar-refractivity contribution in [1.82, 2.24) is 9.13 Å². The van der Waals surface area contributed by atoms with Gasteiger partial charge in [0.25, 0.3) is 0 Å². The van der Waals surface area contributed by atoms with Crippen molar-refractivity contribution in [2.24, 2.45) is 0 Å². The van der Waals surface area contributed by atoms with Crippen molar-refractivity contribution in [1.29, 1.82) is 5.26 Å². The largest absolute Gasteiger partial charge is 0.307 e. The molecule has 5 heteroatoms. The minimum Gasteiger partial charge on any atom is -0.307 e. The van der Waals surface area contributed by atoms with Crippen LogP contribution in [-0.2, 0) is 0 Å². The third kappa shape index (κ3) is 5.00. The van der Waals surface area contributed by atoms with Crippen molar-refractivity contribution >= 4 is 43.6 Å². The van der Waals surface area contributed by atoms with Crippen LogP contribution in [0.2, 0.25) is 0 Å². The Morgan fingerprint density at radius 1 is 0.362 bits per heavy atom. The number of halogens is 2. The molecule has 0 aliphatic heterocycles. The van der Waals surface area contributed by atoms with Crippen LogP contribution in [0, 0.1) is 134 Å². The van der Waals surface area contributed by atoms with Gasteiger partial charge in [-0.1, -0.05) is 0 Å². The molecule has 2 aromatic heterocycles. The number of aryl methyl sites for hydroxylation is 8. The summed E-state index contributed by atoms with van der Waals surface area (Å²) in [5.74, 6) is -1.37. The van der Waals surface area contributed by atoms with Crippen LogP contribution in [0.1, 0.15) is 94.6 Å². The van der Waals surface area contributed by atoms with E-state index in [1.165, 1.54) is 123 Å². The Kier molecular flexibility index (Phi) is 8.87. The van der Waals surface area contributed by atoms with Gasteiger partial charge in [-0.25, -0.2) is 8.78 Å². The number of benzene rings is 6. The second-order valence-electron chi connectivity index (χ2n) is 17.2. The van der Waals surface area contributed by atoms with E-state index in [0.29, 0.717) is 16.7 Å². The van der Waals surface area contributed by atoms with Gasteiger partial charge in [-0.3, -0.25) is 0 Å². The van der Waals surface area contributed by atoms with Crippen LogP contribution in [0.5, 0.6) is 0 Å². The summed E-state index contributed by atoms with van der Waals surface area (Å²) < 4.78 is 35.1. The van der Waals surface area contributed by atoms with Crippen LogP contribution >= 0.6 is 0 Å². The molecule has 0 bridgehead atoms. The average molecular weight is 770 g/mol. The Hall–Kier alpha value is -5.73. The SMILES string of the molecule is Cc1c(C)c(C)c2c(c1C)c1c(C)c(C)c(C)c(C)c1n2-c1cc(C#N)c(-c2cc(F)cc(F)c2)cc1-n1c2c(C)c(C)c(C)c(C)c2c2c(C)c(C)c(C)c(C)c21. The lowest BCUT2D eigenvalue weighted by Gasteiger charge is -2.23. The molecule has 0 amide bonds. The predicted octanol–water partition coefficient (Wildman–Crippen LogP) is 14.6. The van der Waals surface area contributed by atoms with Gasteiger partial charge in [-0.05, 0) is 230 Å². The minimum absolute atomic E-state index is 0.321. The number of nitriles is 1. The molecule has 294 valence electrons. The first-order chi connectivity index (χ1) is 27.3. The van der Waals surface area contributed by atoms with Gasteiger partial charge in [0, 0.05) is 33.2 Å². The minimum atomic E-state index is -0.687. The highest BCUT2D eigenvalue weighted by molar-refractivity contribution is 6.18. The van der Waals surface area contributed by atoms with Crippen molar-refractivity contribution in [2.45, 2.75) is 111 Å². The lowest BCUT2D eigenvalue weighted by atomic mass is 9.90. The summed E-state index contributed by atoms with van der Waals surface area (Å²) in [6, 6.07) is 10.0. The molecule has 0 aliphatic carbocycles. The number of nitrogens with zero attached hydrogens (tertiary/aromatic N) is 3. The lowest BCUT2D eigenvalue weighted by Crippen LogP contribution is -2.09. The van der Waals surface area contributed by atoms with Crippen molar-refractivity contribution in [2.75, 3.05) is 0 Å². The van der Waals surface area contributed by atoms with E-state index >= 15 is 8.78 Å². The van der Waals surface area contributed by atoms with Gasteiger partial charge < -0.3 is 9.13 Å². The molecule has 0 saturated heterocycles. The fraction of sp³-hybridized carbons (Fsp3) is 0.302. The lowest BCUT2D eigenvalue weighted by molar-refractivity contribution is 0.584. The molecule has 0 atom stereocenters. The van der Waals surface area contributed by atoms with Crippen LogP contribution < -0.4 is 0 Å². The standard InChI is InChI=1S/C53H53F2N3/c1-23-27(5)35(13)50-46(31(23)9)47-32(10)24(2)28(6)36(14)51(47)57(50)44-19-40(22-56)43(39-17-41(54)20-42(55)18-39)21-45(44)58-52-37(15)29(7)25(3)33(11)48(52)49-34(12)26(4)30(8)38(16)53(49)58/h17-21H,1-16H3. The highest BCUT2D eigenvalue weighted by Gasteiger charge is 2.30. The molecule has 58 heavy (non-hydrogen) atoms. The molecule has 3 nitrogen and oxygen atoms in total. The van der Waals surface area contributed by atoms with Crippen LogP contribution in [0.15, 0.2) is 30.3 Å². The van der Waals surface area contributed by atoms with E-state index in [2.05, 4.69) is 126 Å². The molecule has 0 spiro atoms. The third-order valence-corrected chi connectivity index (χ3v) is 14.9. The number of aromatic nitrogens is 2. The Morgan fingerprint density at radius 2 is 0.638 bits per heavy atom. The van der Waals surface area contributed by atoms with E-state index in [1.54, 1.807) is 0 Å². The normalized spacial score (nSPS) is 11.9. The maximum Gasteiger partial charge on any atom is 0.126 e. The topological polar surface area (TPSA) is 33.6 Å². The van der Waals surface area contributed by atoms with Crippen molar-refractivity contribution in [3.05, 3.63) is 137 Å². The van der Waals surface area contributed by atoms with Gasteiger partial charge >= 0.3 is 0 Å². The molecule has 0 aliphatic rings. The van der Waals surface area contributed by atoms with Gasteiger partial charge in [0.1, 0.15) is 11.6 Å². The first-order valence-corrected chi connectivity index (χ1v) is 20.3. The van der Waals surface area contributed by atoms with E-state index < -0.39 is 11.6 Å². The third-order valence-electron chi connectivity index (χ3n) is 14.9. The first-order valence-electron chi connectivity index (χ1n) is 20.3. The fourth-order valence-corrected chi connectivity index (χ4v) is 10.2. The first kappa shape index (κ1) is 39.1. The second kappa shape index (κ2) is 13.1. The fourth-order valence-electron chi connectivity index (χ4n) is 10.2. The van der Waals surface area contributed by atoms with Crippen LogP contribution in [0.3, 0.4) is 0 Å². The quantitative estimate of drug-likeness (QED) is 0.176. The molecular formula is C53H53F2N3. The van der Waals surface area contributed by atoms with E-state index in [4.69, 9.17) is 0 Å². The number of rotatable bonds is 3. The zero-order valence-corrected chi connectivity index (χ0v) is 37.0. The van der Waals surface area contributed by atoms with E-state index in [1.807, 2.05) is 12.1 Å². The summed E-state index contributed by atoms with van der Waals surface area (Å²) in [4.78, 5) is 0. The van der Waals surface area contributed by atoms with Crippen LogP contribution in [-0.4, -0.2) is 9.13 Å². The van der Waals surface area contributed by atoms with E-state index in [-0.39, 0.29) is 0 Å². The summed E-state index contributed by atoms with van der Waals surface area (Å²) >= 11 is 0. The number of hydrogen-bond acceptors (Lipinski definition) is 1. The molecule has 0 N–H and O–H groups in total. The molecule has 6 aromatic carbocycles. The number of hydrogen-bond donors (Lipinski definition) is 0. The summed E-state index contributed by atoms with van der Waals surface area (Å²) in [5.41, 5.74) is 27.0. The summed E-state index contributed by atoms with van der Waals surface area (Å²) in [5, 5.41) is 15.9.